The van der Waals surface area contributed by atoms with Gasteiger partial charge in [0.05, 0.1) is 12.1 Å². The van der Waals surface area contributed by atoms with Crippen LogP contribution in [0.4, 0.5) is 11.4 Å². The van der Waals surface area contributed by atoms with Crippen molar-refractivity contribution < 1.29 is 14.3 Å². The number of benzene rings is 3. The van der Waals surface area contributed by atoms with Crippen molar-refractivity contribution in [1.82, 2.24) is 0 Å². The summed E-state index contributed by atoms with van der Waals surface area (Å²) in [6, 6.07) is 23.7. The van der Waals surface area contributed by atoms with Gasteiger partial charge in [0, 0.05) is 5.69 Å². The standard InChI is InChI=1S/C23H20N2O3/c1-16-6-5-7-18(14-16)25-22(26)15-21(23(25)27)24-17-10-12-20(13-11-17)28-19-8-3-2-4-9-19/h2-14,21,24H,15H2,1H3/t21-/m0/s1. The number of hydrogen-bond acceptors (Lipinski definition) is 4. The van der Waals surface area contributed by atoms with Crippen LogP contribution in [0.1, 0.15) is 12.0 Å². The maximum atomic E-state index is 12.8. The van der Waals surface area contributed by atoms with Gasteiger partial charge in [0.15, 0.2) is 0 Å². The Morgan fingerprint density at radius 1 is 0.893 bits per heavy atom. The van der Waals surface area contributed by atoms with Crippen LogP contribution >= 0.6 is 0 Å². The van der Waals surface area contributed by atoms with Gasteiger partial charge in [-0.25, -0.2) is 4.90 Å². The Kier molecular flexibility index (Phi) is 4.81. The smallest absolute Gasteiger partial charge is 0.256 e. The van der Waals surface area contributed by atoms with Crippen LogP contribution in [0.2, 0.25) is 0 Å². The van der Waals surface area contributed by atoms with Gasteiger partial charge < -0.3 is 10.1 Å². The first kappa shape index (κ1) is 17.8. The summed E-state index contributed by atoms with van der Waals surface area (Å²) in [6.45, 7) is 1.93. The summed E-state index contributed by atoms with van der Waals surface area (Å²) in [5.74, 6) is 1.03. The molecule has 1 atom stereocenters. The van der Waals surface area contributed by atoms with E-state index in [0.29, 0.717) is 11.4 Å². The van der Waals surface area contributed by atoms with Crippen molar-refractivity contribution in [3.8, 4) is 11.5 Å². The third-order valence-electron chi connectivity index (χ3n) is 4.58. The molecule has 1 aliphatic rings. The highest BCUT2D eigenvalue weighted by molar-refractivity contribution is 6.23. The highest BCUT2D eigenvalue weighted by Crippen LogP contribution is 2.27. The Labute approximate surface area is 163 Å². The summed E-state index contributed by atoms with van der Waals surface area (Å²) in [7, 11) is 0. The average Bonchev–Trinajstić information content (AvgIpc) is 2.97. The minimum atomic E-state index is -0.575. The molecule has 28 heavy (non-hydrogen) atoms. The van der Waals surface area contributed by atoms with E-state index in [2.05, 4.69) is 5.32 Å². The summed E-state index contributed by atoms with van der Waals surface area (Å²) in [5, 5.41) is 3.16. The van der Waals surface area contributed by atoms with Crippen LogP contribution in [0, 0.1) is 6.92 Å². The summed E-state index contributed by atoms with van der Waals surface area (Å²) < 4.78 is 5.77. The quantitative estimate of drug-likeness (QED) is 0.669. The number of hydrogen-bond donors (Lipinski definition) is 1. The molecule has 0 spiro atoms. The van der Waals surface area contributed by atoms with Crippen LogP contribution in [0.5, 0.6) is 11.5 Å². The van der Waals surface area contributed by atoms with E-state index in [0.717, 1.165) is 17.0 Å². The number of nitrogens with zero attached hydrogens (tertiary/aromatic N) is 1. The molecular weight excluding hydrogens is 352 g/mol. The second-order valence-electron chi connectivity index (χ2n) is 6.75. The van der Waals surface area contributed by atoms with E-state index in [1.807, 2.05) is 79.7 Å². The molecular formula is C23H20N2O3. The van der Waals surface area contributed by atoms with E-state index in [1.165, 1.54) is 4.90 Å². The molecule has 0 unspecified atom stereocenters. The van der Waals surface area contributed by atoms with Crippen molar-refractivity contribution in [2.75, 3.05) is 10.2 Å². The van der Waals surface area contributed by atoms with Crippen molar-refractivity contribution in [2.24, 2.45) is 0 Å². The number of carbonyl (C=O) groups is 2. The maximum Gasteiger partial charge on any atom is 0.256 e. The van der Waals surface area contributed by atoms with Crippen molar-refractivity contribution in [1.29, 1.82) is 0 Å². The fourth-order valence-corrected chi connectivity index (χ4v) is 3.23. The van der Waals surface area contributed by atoms with E-state index in [1.54, 1.807) is 6.07 Å². The molecule has 0 saturated carbocycles. The Balaban J connectivity index is 1.44. The normalized spacial score (nSPS) is 16.3. The van der Waals surface area contributed by atoms with Gasteiger partial charge in [-0.2, -0.15) is 0 Å². The second-order valence-corrected chi connectivity index (χ2v) is 6.75. The van der Waals surface area contributed by atoms with Crippen LogP contribution in [-0.2, 0) is 9.59 Å². The number of imide groups is 1. The van der Waals surface area contributed by atoms with Gasteiger partial charge in [0.25, 0.3) is 5.91 Å². The number of anilines is 2. The lowest BCUT2D eigenvalue weighted by molar-refractivity contribution is -0.121. The second kappa shape index (κ2) is 7.56. The predicted molar refractivity (Wildman–Crippen MR) is 109 cm³/mol. The highest BCUT2D eigenvalue weighted by atomic mass is 16.5. The third kappa shape index (κ3) is 3.74. The highest BCUT2D eigenvalue weighted by Gasteiger charge is 2.39. The Morgan fingerprint density at radius 2 is 1.61 bits per heavy atom. The molecule has 3 aromatic carbocycles. The summed E-state index contributed by atoms with van der Waals surface area (Å²) in [5.41, 5.74) is 2.38. The van der Waals surface area contributed by atoms with Gasteiger partial charge in [-0.3, -0.25) is 9.59 Å². The van der Waals surface area contributed by atoms with Crippen LogP contribution in [0.25, 0.3) is 0 Å². The van der Waals surface area contributed by atoms with Crippen LogP contribution in [0.15, 0.2) is 78.9 Å². The summed E-state index contributed by atoms with van der Waals surface area (Å²) in [6.07, 6.45) is 0.134. The van der Waals surface area contributed by atoms with Crippen LogP contribution in [0.3, 0.4) is 0 Å². The zero-order valence-corrected chi connectivity index (χ0v) is 15.5. The molecule has 4 rings (SSSR count). The molecule has 0 aromatic heterocycles. The zero-order valence-electron chi connectivity index (χ0n) is 15.5. The first-order valence-electron chi connectivity index (χ1n) is 9.13. The summed E-state index contributed by atoms with van der Waals surface area (Å²) >= 11 is 0. The lowest BCUT2D eigenvalue weighted by Gasteiger charge is -2.16. The Hall–Kier alpha value is -3.60. The zero-order chi connectivity index (χ0) is 19.5. The Morgan fingerprint density at radius 3 is 2.32 bits per heavy atom. The van der Waals surface area contributed by atoms with Crippen molar-refractivity contribution in [3.63, 3.8) is 0 Å². The minimum Gasteiger partial charge on any atom is -0.457 e. The largest absolute Gasteiger partial charge is 0.457 e. The molecule has 0 aliphatic carbocycles. The molecule has 1 N–H and O–H groups in total. The number of aryl methyl sites for hydroxylation is 1. The molecule has 1 aliphatic heterocycles. The lowest BCUT2D eigenvalue weighted by Crippen LogP contribution is -2.34. The molecule has 5 nitrogen and oxygen atoms in total. The van der Waals surface area contributed by atoms with E-state index in [4.69, 9.17) is 4.74 Å². The fourth-order valence-electron chi connectivity index (χ4n) is 3.23. The number of carbonyl (C=O) groups excluding carboxylic acids is 2. The average molecular weight is 372 g/mol. The Bertz CT molecular complexity index is 1000. The van der Waals surface area contributed by atoms with Gasteiger partial charge in [0.1, 0.15) is 17.5 Å². The van der Waals surface area contributed by atoms with Gasteiger partial charge in [-0.15, -0.1) is 0 Å². The van der Waals surface area contributed by atoms with E-state index >= 15 is 0 Å². The van der Waals surface area contributed by atoms with Gasteiger partial charge in [0.2, 0.25) is 5.91 Å². The lowest BCUT2D eigenvalue weighted by atomic mass is 10.2. The first-order chi connectivity index (χ1) is 13.6. The fraction of sp³-hybridized carbons (Fsp3) is 0.130. The first-order valence-corrected chi connectivity index (χ1v) is 9.13. The van der Waals surface area contributed by atoms with Crippen molar-refractivity contribution in [2.45, 2.75) is 19.4 Å². The molecule has 5 heteroatoms. The molecule has 2 amide bonds. The number of ether oxygens (including phenoxy) is 1. The minimum absolute atomic E-state index is 0.134. The number of nitrogens with one attached hydrogen (secondary N) is 1. The number of rotatable bonds is 5. The van der Waals surface area contributed by atoms with Crippen LogP contribution < -0.4 is 15.0 Å². The topological polar surface area (TPSA) is 58.6 Å². The SMILES string of the molecule is Cc1cccc(N2C(=O)C[C@H](Nc3ccc(Oc4ccccc4)cc3)C2=O)c1. The van der Waals surface area contributed by atoms with Gasteiger partial charge in [-0.1, -0.05) is 30.3 Å². The van der Waals surface area contributed by atoms with E-state index in [9.17, 15) is 9.59 Å². The maximum absolute atomic E-state index is 12.8. The van der Waals surface area contributed by atoms with Crippen molar-refractivity contribution >= 4 is 23.2 Å². The van der Waals surface area contributed by atoms with Crippen LogP contribution in [-0.4, -0.2) is 17.9 Å². The third-order valence-corrected chi connectivity index (χ3v) is 4.58. The number of amides is 2. The predicted octanol–water partition coefficient (Wildman–Crippen LogP) is 4.53. The van der Waals surface area contributed by atoms with Gasteiger partial charge >= 0.3 is 0 Å². The number of para-hydroxylation sites is 1. The molecule has 1 fully saturated rings. The van der Waals surface area contributed by atoms with E-state index in [-0.39, 0.29) is 18.2 Å². The molecule has 3 aromatic rings. The molecule has 1 saturated heterocycles. The summed E-state index contributed by atoms with van der Waals surface area (Å²) in [4.78, 5) is 26.4. The molecule has 0 bridgehead atoms. The monoisotopic (exact) mass is 372 g/mol. The van der Waals surface area contributed by atoms with Crippen molar-refractivity contribution in [3.05, 3.63) is 84.4 Å². The van der Waals surface area contributed by atoms with Gasteiger partial charge in [-0.05, 0) is 61.0 Å². The molecule has 1 heterocycles. The molecule has 0 radical (unpaired) electrons. The van der Waals surface area contributed by atoms with E-state index < -0.39 is 6.04 Å². The molecule has 140 valence electrons.